The molecule has 0 unspecified atom stereocenters. The van der Waals surface area contributed by atoms with Crippen molar-refractivity contribution in [2.75, 3.05) is 49.6 Å². The Bertz CT molecular complexity index is 1220. The SMILES string of the molecule is N#Cc1cc(NC(=O)c2ccn(-c3ccc(Cl)cc3)c2)ccc1N1CCN(C2CCOCC2)CC1.O. The van der Waals surface area contributed by atoms with E-state index in [0.717, 1.165) is 63.6 Å². The first kappa shape index (κ1) is 25.7. The lowest BCUT2D eigenvalue weighted by Gasteiger charge is -2.41. The van der Waals surface area contributed by atoms with Gasteiger partial charge in [-0.05, 0) is 61.4 Å². The van der Waals surface area contributed by atoms with E-state index >= 15 is 0 Å². The van der Waals surface area contributed by atoms with Crippen molar-refractivity contribution < 1.29 is 15.0 Å². The van der Waals surface area contributed by atoms with Gasteiger partial charge in [0, 0.05) is 74.2 Å². The second-order valence-electron chi connectivity index (χ2n) is 8.95. The lowest BCUT2D eigenvalue weighted by atomic mass is 10.1. The maximum Gasteiger partial charge on any atom is 0.257 e. The second kappa shape index (κ2) is 11.6. The fraction of sp³-hybridized carbons (Fsp3) is 0.333. The van der Waals surface area contributed by atoms with E-state index in [2.05, 4.69) is 21.2 Å². The summed E-state index contributed by atoms with van der Waals surface area (Å²) in [6, 6.07) is 17.7. The number of benzene rings is 2. The molecule has 8 nitrogen and oxygen atoms in total. The summed E-state index contributed by atoms with van der Waals surface area (Å²) in [5.74, 6) is -0.223. The Morgan fingerprint density at radius 3 is 2.44 bits per heavy atom. The van der Waals surface area contributed by atoms with E-state index < -0.39 is 0 Å². The summed E-state index contributed by atoms with van der Waals surface area (Å²) >= 11 is 5.96. The summed E-state index contributed by atoms with van der Waals surface area (Å²) in [6.45, 7) is 5.44. The molecule has 0 spiro atoms. The third-order valence-corrected chi connectivity index (χ3v) is 7.07. The summed E-state index contributed by atoms with van der Waals surface area (Å²) in [5, 5.41) is 13.4. The van der Waals surface area contributed by atoms with Crippen LogP contribution in [0.25, 0.3) is 5.69 Å². The number of nitrogens with one attached hydrogen (secondary N) is 1. The maximum absolute atomic E-state index is 12.8. The molecule has 2 aromatic carbocycles. The molecule has 36 heavy (non-hydrogen) atoms. The predicted octanol–water partition coefficient (Wildman–Crippen LogP) is 3.73. The number of halogens is 1. The number of carbonyl (C=O) groups is 1. The van der Waals surface area contributed by atoms with Crippen molar-refractivity contribution >= 4 is 28.9 Å². The Labute approximate surface area is 215 Å². The minimum Gasteiger partial charge on any atom is -0.412 e. The van der Waals surface area contributed by atoms with Crippen LogP contribution in [0, 0.1) is 11.3 Å². The van der Waals surface area contributed by atoms with Gasteiger partial charge in [-0.1, -0.05) is 11.6 Å². The molecule has 2 saturated heterocycles. The quantitative estimate of drug-likeness (QED) is 0.566. The van der Waals surface area contributed by atoms with E-state index in [0.29, 0.717) is 27.9 Å². The molecule has 0 radical (unpaired) electrons. The van der Waals surface area contributed by atoms with Crippen molar-refractivity contribution in [1.29, 1.82) is 5.26 Å². The number of nitriles is 1. The number of rotatable bonds is 5. The second-order valence-corrected chi connectivity index (χ2v) is 9.38. The van der Waals surface area contributed by atoms with Gasteiger partial charge in [0.15, 0.2) is 0 Å². The third-order valence-electron chi connectivity index (χ3n) is 6.82. The number of nitrogens with zero attached hydrogens (tertiary/aromatic N) is 4. The summed E-state index contributed by atoms with van der Waals surface area (Å²) in [5.41, 5.74) is 3.55. The molecule has 2 aliphatic rings. The topological polar surface area (TPSA) is 105 Å². The number of amides is 1. The monoisotopic (exact) mass is 507 g/mol. The van der Waals surface area contributed by atoms with E-state index in [1.165, 1.54) is 0 Å². The van der Waals surface area contributed by atoms with Crippen LogP contribution < -0.4 is 10.2 Å². The highest BCUT2D eigenvalue weighted by atomic mass is 35.5. The molecule has 9 heteroatoms. The van der Waals surface area contributed by atoms with Crippen molar-refractivity contribution in [3.8, 4) is 11.8 Å². The molecule has 0 bridgehead atoms. The molecular weight excluding hydrogens is 478 g/mol. The van der Waals surface area contributed by atoms with Crippen LogP contribution in [-0.4, -0.2) is 66.3 Å². The van der Waals surface area contributed by atoms with Crippen LogP contribution in [0.5, 0.6) is 0 Å². The van der Waals surface area contributed by atoms with Gasteiger partial charge in [-0.15, -0.1) is 0 Å². The molecular formula is C27H30ClN5O3. The standard InChI is InChI=1S/C27H28ClN5O2.H2O/c28-22-1-4-24(5-2-22)33-10-7-20(19-33)27(34)30-23-3-6-26(21(17-23)18-29)32-13-11-31(12-14-32)25-8-15-35-16-9-25;/h1-7,10,17,19,25H,8-9,11-16H2,(H,30,34);1H2. The fourth-order valence-corrected chi connectivity index (χ4v) is 4.99. The molecule has 0 saturated carbocycles. The predicted molar refractivity (Wildman–Crippen MR) is 141 cm³/mol. The Kier molecular flexibility index (Phi) is 8.28. The Morgan fingerprint density at radius 1 is 1.03 bits per heavy atom. The van der Waals surface area contributed by atoms with E-state index in [9.17, 15) is 10.1 Å². The van der Waals surface area contributed by atoms with Gasteiger partial charge in [0.1, 0.15) is 6.07 Å². The zero-order valence-corrected chi connectivity index (χ0v) is 20.7. The minimum absolute atomic E-state index is 0. The fourth-order valence-electron chi connectivity index (χ4n) is 4.87. The molecule has 3 aromatic rings. The zero-order valence-electron chi connectivity index (χ0n) is 20.0. The molecule has 0 atom stereocenters. The molecule has 0 aliphatic carbocycles. The van der Waals surface area contributed by atoms with E-state index in [1.54, 1.807) is 18.3 Å². The van der Waals surface area contributed by atoms with E-state index in [4.69, 9.17) is 16.3 Å². The molecule has 188 valence electrons. The van der Waals surface area contributed by atoms with Crippen LogP contribution in [0.4, 0.5) is 11.4 Å². The minimum atomic E-state index is -0.223. The maximum atomic E-state index is 12.8. The summed E-state index contributed by atoms with van der Waals surface area (Å²) in [6.07, 6.45) is 5.81. The van der Waals surface area contributed by atoms with Gasteiger partial charge in [0.25, 0.3) is 5.91 Å². The highest BCUT2D eigenvalue weighted by Crippen LogP contribution is 2.27. The van der Waals surface area contributed by atoms with Gasteiger partial charge in [0.2, 0.25) is 0 Å². The average Bonchev–Trinajstić information content (AvgIpc) is 3.40. The van der Waals surface area contributed by atoms with Crippen LogP contribution in [0.2, 0.25) is 5.02 Å². The van der Waals surface area contributed by atoms with Gasteiger partial charge in [-0.2, -0.15) is 5.26 Å². The molecule has 3 N–H and O–H groups in total. The average molecular weight is 508 g/mol. The number of aromatic nitrogens is 1. The van der Waals surface area contributed by atoms with Gasteiger partial charge >= 0.3 is 0 Å². The number of anilines is 2. The molecule has 2 fully saturated rings. The zero-order chi connectivity index (χ0) is 24.2. The molecule has 1 aromatic heterocycles. The van der Waals surface area contributed by atoms with Crippen LogP contribution in [-0.2, 0) is 4.74 Å². The Balaban J connectivity index is 0.00000304. The van der Waals surface area contributed by atoms with Crippen molar-refractivity contribution in [2.45, 2.75) is 18.9 Å². The van der Waals surface area contributed by atoms with Crippen molar-refractivity contribution in [1.82, 2.24) is 9.47 Å². The highest BCUT2D eigenvalue weighted by Gasteiger charge is 2.26. The Morgan fingerprint density at radius 2 is 1.75 bits per heavy atom. The molecule has 5 rings (SSSR count). The van der Waals surface area contributed by atoms with Gasteiger partial charge < -0.3 is 25.0 Å². The molecule has 2 aliphatic heterocycles. The molecule has 3 heterocycles. The van der Waals surface area contributed by atoms with E-state index in [-0.39, 0.29) is 11.4 Å². The summed E-state index contributed by atoms with van der Waals surface area (Å²) < 4.78 is 7.36. The number of carbonyl (C=O) groups excluding carboxylic acids is 1. The summed E-state index contributed by atoms with van der Waals surface area (Å²) in [7, 11) is 0. The third kappa shape index (κ3) is 5.72. The lowest BCUT2D eigenvalue weighted by molar-refractivity contribution is 0.0321. The van der Waals surface area contributed by atoms with Crippen molar-refractivity contribution in [2.24, 2.45) is 0 Å². The van der Waals surface area contributed by atoms with Crippen molar-refractivity contribution in [3.63, 3.8) is 0 Å². The van der Waals surface area contributed by atoms with Crippen LogP contribution >= 0.6 is 11.6 Å². The van der Waals surface area contributed by atoms with E-state index in [1.807, 2.05) is 47.2 Å². The number of piperazine rings is 1. The van der Waals surface area contributed by atoms with Gasteiger partial charge in [0.05, 0.1) is 16.8 Å². The lowest BCUT2D eigenvalue weighted by Crippen LogP contribution is -2.51. The first-order chi connectivity index (χ1) is 17.1. The first-order valence-electron chi connectivity index (χ1n) is 12.0. The van der Waals surface area contributed by atoms with Gasteiger partial charge in [-0.25, -0.2) is 0 Å². The van der Waals surface area contributed by atoms with Crippen LogP contribution in [0.15, 0.2) is 60.9 Å². The van der Waals surface area contributed by atoms with Crippen molar-refractivity contribution in [3.05, 3.63) is 77.1 Å². The molecule has 1 amide bonds. The normalized spacial score (nSPS) is 16.7. The summed E-state index contributed by atoms with van der Waals surface area (Å²) in [4.78, 5) is 17.7. The highest BCUT2D eigenvalue weighted by molar-refractivity contribution is 6.30. The smallest absolute Gasteiger partial charge is 0.257 e. The number of hydrogen-bond acceptors (Lipinski definition) is 5. The number of hydrogen-bond donors (Lipinski definition) is 1. The Hall–Kier alpha value is -3.35. The number of ether oxygens (including phenoxy) is 1. The van der Waals surface area contributed by atoms with Gasteiger partial charge in [-0.3, -0.25) is 9.69 Å². The first-order valence-corrected chi connectivity index (χ1v) is 12.3. The van der Waals surface area contributed by atoms with Crippen LogP contribution in [0.3, 0.4) is 0 Å². The van der Waals surface area contributed by atoms with Crippen LogP contribution in [0.1, 0.15) is 28.8 Å². The largest absolute Gasteiger partial charge is 0.412 e.